The molecule has 17 nitrogen and oxygen atoms in total. The molecule has 0 heterocycles. The molecular weight excluding hydrogens is 1210 g/mol. The number of carbonyl (C=O) groups is 4. The van der Waals surface area contributed by atoms with Crippen molar-refractivity contribution in [3.05, 3.63) is 0 Å². The Bertz CT molecular complexity index is 1760. The zero-order valence-electron chi connectivity index (χ0n) is 59.5. The maximum atomic E-state index is 13.1. The average molecular weight is 1350 g/mol. The highest BCUT2D eigenvalue weighted by atomic mass is 31.2. The number of ether oxygens (including phenoxy) is 4. The molecule has 0 rings (SSSR count). The summed E-state index contributed by atoms with van der Waals surface area (Å²) in [5.74, 6) is -2.12. The van der Waals surface area contributed by atoms with E-state index in [4.69, 9.17) is 37.0 Å². The molecule has 0 fully saturated rings. The van der Waals surface area contributed by atoms with Crippen LogP contribution in [-0.2, 0) is 65.4 Å². The summed E-state index contributed by atoms with van der Waals surface area (Å²) in [6, 6.07) is 0. The molecule has 0 amide bonds. The average Bonchev–Trinajstić information content (AvgIpc) is 2.05. The summed E-state index contributed by atoms with van der Waals surface area (Å²) >= 11 is 0. The highest BCUT2D eigenvalue weighted by Gasteiger charge is 2.30. The van der Waals surface area contributed by atoms with Crippen LogP contribution in [0, 0.1) is 0 Å². The monoisotopic (exact) mass is 1350 g/mol. The fourth-order valence-electron chi connectivity index (χ4n) is 11.2. The van der Waals surface area contributed by atoms with Crippen molar-refractivity contribution in [3.8, 4) is 0 Å². The Kier molecular flexibility index (Phi) is 66.2. The van der Waals surface area contributed by atoms with Crippen LogP contribution < -0.4 is 0 Å². The maximum absolute atomic E-state index is 13.1. The summed E-state index contributed by atoms with van der Waals surface area (Å²) in [6.45, 7) is 4.93. The summed E-state index contributed by atoms with van der Waals surface area (Å²) in [6.07, 6.45) is 57.0. The van der Waals surface area contributed by atoms with Crippen molar-refractivity contribution in [2.24, 2.45) is 0 Å². The lowest BCUT2D eigenvalue weighted by Crippen LogP contribution is -2.30. The van der Waals surface area contributed by atoms with Gasteiger partial charge in [-0.15, -0.1) is 0 Å². The van der Waals surface area contributed by atoms with Crippen LogP contribution in [0.4, 0.5) is 0 Å². The SMILES string of the molecule is CCCCCCCCCCCCCCCCCCCCC(=O)O[C@H](COC(=O)CCCCCCCCCCCCCCCCCCC)COP(=O)(O)OC[C@@H](O)COP(=O)(O)OC[C@@H](COC(=O)CCCCCCCCCC)OC(=O)CCCCCCCCCCC. The van der Waals surface area contributed by atoms with Gasteiger partial charge >= 0.3 is 39.5 Å². The van der Waals surface area contributed by atoms with E-state index in [1.54, 1.807) is 0 Å². The first-order valence-corrected chi connectivity index (χ1v) is 41.3. The summed E-state index contributed by atoms with van der Waals surface area (Å²) in [5, 5.41) is 10.6. The number of aliphatic hydroxyl groups excluding tert-OH is 1. The Hall–Kier alpha value is -1.94. The van der Waals surface area contributed by atoms with Crippen molar-refractivity contribution in [2.45, 2.75) is 406 Å². The summed E-state index contributed by atoms with van der Waals surface area (Å²) in [4.78, 5) is 72.5. The molecule has 0 spiro atoms. The van der Waals surface area contributed by atoms with Gasteiger partial charge in [-0.25, -0.2) is 9.13 Å². The molecule has 19 heteroatoms. The van der Waals surface area contributed by atoms with Gasteiger partial charge in [0.25, 0.3) is 0 Å². The first-order valence-electron chi connectivity index (χ1n) is 38.3. The third-order valence-corrected chi connectivity index (χ3v) is 19.0. The van der Waals surface area contributed by atoms with Gasteiger partial charge in [0.05, 0.1) is 26.4 Å². The van der Waals surface area contributed by atoms with Gasteiger partial charge in [0, 0.05) is 25.7 Å². The van der Waals surface area contributed by atoms with E-state index in [1.807, 2.05) is 0 Å². The Labute approximate surface area is 562 Å². The van der Waals surface area contributed by atoms with Crippen molar-refractivity contribution < 1.29 is 80.2 Å². The number of esters is 4. The molecule has 0 aliphatic carbocycles. The van der Waals surface area contributed by atoms with E-state index in [2.05, 4.69) is 27.7 Å². The molecule has 0 saturated carbocycles. The Balaban J connectivity index is 5.17. The summed E-state index contributed by atoms with van der Waals surface area (Å²) in [7, 11) is -9.90. The normalized spacial score (nSPS) is 13.9. The second kappa shape index (κ2) is 67.6. The van der Waals surface area contributed by atoms with Crippen LogP contribution in [0.2, 0.25) is 0 Å². The van der Waals surface area contributed by atoms with Gasteiger partial charge in [-0.3, -0.25) is 37.3 Å². The van der Waals surface area contributed by atoms with E-state index in [-0.39, 0.29) is 25.7 Å². The van der Waals surface area contributed by atoms with Crippen LogP contribution in [0.1, 0.15) is 387 Å². The zero-order chi connectivity index (χ0) is 67.5. The minimum absolute atomic E-state index is 0.106. The topological polar surface area (TPSA) is 237 Å². The van der Waals surface area contributed by atoms with Gasteiger partial charge in [0.1, 0.15) is 19.3 Å². The second-order valence-electron chi connectivity index (χ2n) is 26.3. The van der Waals surface area contributed by atoms with E-state index < -0.39 is 97.5 Å². The van der Waals surface area contributed by atoms with E-state index in [0.29, 0.717) is 25.7 Å². The van der Waals surface area contributed by atoms with Crippen LogP contribution in [-0.4, -0.2) is 96.7 Å². The summed E-state index contributed by atoms with van der Waals surface area (Å²) in [5.41, 5.74) is 0. The smallest absolute Gasteiger partial charge is 0.462 e. The van der Waals surface area contributed by atoms with Crippen LogP contribution >= 0.6 is 15.6 Å². The predicted octanol–water partition coefficient (Wildman–Crippen LogP) is 21.4. The third kappa shape index (κ3) is 66.7. The highest BCUT2D eigenvalue weighted by Crippen LogP contribution is 2.45. The number of hydrogen-bond acceptors (Lipinski definition) is 15. The van der Waals surface area contributed by atoms with Crippen LogP contribution in [0.5, 0.6) is 0 Å². The van der Waals surface area contributed by atoms with E-state index in [9.17, 15) is 43.2 Å². The Morgan fingerprint density at radius 1 is 0.261 bits per heavy atom. The molecule has 3 N–H and O–H groups in total. The Morgan fingerprint density at radius 2 is 0.435 bits per heavy atom. The largest absolute Gasteiger partial charge is 0.472 e. The molecule has 0 bridgehead atoms. The van der Waals surface area contributed by atoms with E-state index >= 15 is 0 Å². The second-order valence-corrected chi connectivity index (χ2v) is 29.2. The van der Waals surface area contributed by atoms with Gasteiger partial charge in [-0.1, -0.05) is 336 Å². The molecule has 546 valence electrons. The molecule has 5 atom stereocenters. The maximum Gasteiger partial charge on any atom is 0.472 e. The number of hydrogen-bond donors (Lipinski definition) is 3. The number of aliphatic hydroxyl groups is 1. The third-order valence-electron chi connectivity index (χ3n) is 17.1. The van der Waals surface area contributed by atoms with Crippen molar-refractivity contribution in [1.29, 1.82) is 0 Å². The molecule has 0 saturated heterocycles. The molecule has 0 aromatic heterocycles. The molecular formula is C73H142O17P2. The Morgan fingerprint density at radius 3 is 0.641 bits per heavy atom. The standard InChI is InChI=1S/C73H142O17P2/c1-5-9-13-17-21-25-27-29-31-33-35-37-39-41-44-48-52-56-60-73(78)90-69(64-84-71(76)58-54-50-46-43-40-38-36-34-32-30-28-26-22-18-14-10-6-2)66-88-92(81,82)86-62-67(74)61-85-91(79,80)87-65-68(63-83-70(75)57-53-49-45-24-20-16-12-8-4)89-72(77)59-55-51-47-42-23-19-15-11-7-3/h67-69,74H,5-66H2,1-4H3,(H,79,80)(H,81,82)/t67-,68+,69+/m0/s1. The number of unbranched alkanes of at least 4 members (excludes halogenated alkanes) is 48. The fraction of sp³-hybridized carbons (Fsp3) is 0.945. The molecule has 92 heavy (non-hydrogen) atoms. The minimum atomic E-state index is -4.95. The number of rotatable bonds is 74. The molecule has 0 aliphatic rings. The molecule has 0 aliphatic heterocycles. The quantitative estimate of drug-likeness (QED) is 0.0222. The van der Waals surface area contributed by atoms with Gasteiger partial charge in [0.15, 0.2) is 12.2 Å². The van der Waals surface area contributed by atoms with Gasteiger partial charge < -0.3 is 33.8 Å². The van der Waals surface area contributed by atoms with Crippen molar-refractivity contribution in [1.82, 2.24) is 0 Å². The van der Waals surface area contributed by atoms with Crippen LogP contribution in [0.15, 0.2) is 0 Å². The van der Waals surface area contributed by atoms with Crippen LogP contribution in [0.25, 0.3) is 0 Å². The van der Waals surface area contributed by atoms with Gasteiger partial charge in [0.2, 0.25) is 0 Å². The molecule has 0 aromatic rings. The fourth-order valence-corrected chi connectivity index (χ4v) is 12.8. The van der Waals surface area contributed by atoms with Crippen molar-refractivity contribution in [3.63, 3.8) is 0 Å². The van der Waals surface area contributed by atoms with E-state index in [1.165, 1.54) is 212 Å². The summed E-state index contributed by atoms with van der Waals surface area (Å²) < 4.78 is 68.3. The van der Waals surface area contributed by atoms with Crippen molar-refractivity contribution >= 4 is 39.5 Å². The lowest BCUT2D eigenvalue weighted by Gasteiger charge is -2.21. The number of carbonyl (C=O) groups excluding carboxylic acids is 4. The van der Waals surface area contributed by atoms with Gasteiger partial charge in [-0.2, -0.15) is 0 Å². The lowest BCUT2D eigenvalue weighted by molar-refractivity contribution is -0.161. The van der Waals surface area contributed by atoms with Gasteiger partial charge in [-0.05, 0) is 25.7 Å². The number of phosphoric acid groups is 2. The van der Waals surface area contributed by atoms with Crippen LogP contribution in [0.3, 0.4) is 0 Å². The number of phosphoric ester groups is 2. The highest BCUT2D eigenvalue weighted by molar-refractivity contribution is 7.47. The first-order chi connectivity index (χ1) is 44.7. The minimum Gasteiger partial charge on any atom is -0.462 e. The predicted molar refractivity (Wildman–Crippen MR) is 372 cm³/mol. The molecule has 0 aromatic carbocycles. The zero-order valence-corrected chi connectivity index (χ0v) is 61.3. The lowest BCUT2D eigenvalue weighted by atomic mass is 10.0. The molecule has 2 unspecified atom stereocenters. The molecule has 0 radical (unpaired) electrons. The first kappa shape index (κ1) is 90.1. The van der Waals surface area contributed by atoms with E-state index in [0.717, 1.165) is 96.3 Å². The van der Waals surface area contributed by atoms with Crippen molar-refractivity contribution in [2.75, 3.05) is 39.6 Å².